The van der Waals surface area contributed by atoms with Crippen molar-refractivity contribution in [1.29, 1.82) is 0 Å². The summed E-state index contributed by atoms with van der Waals surface area (Å²) in [5, 5.41) is 11.0. The molecule has 0 aliphatic carbocycles. The minimum Gasteiger partial charge on any atom is -0.492 e. The van der Waals surface area contributed by atoms with Crippen LogP contribution in [-0.2, 0) is 14.6 Å². The number of nitrogens with zero attached hydrogens (tertiary/aromatic N) is 5. The van der Waals surface area contributed by atoms with Crippen LogP contribution in [0.5, 0.6) is 5.75 Å². The third-order valence-electron chi connectivity index (χ3n) is 7.19. The molecule has 1 fully saturated rings. The first kappa shape index (κ1) is 31.5. The Hall–Kier alpha value is -3.45. The molecule has 0 unspecified atom stereocenters. The summed E-state index contributed by atoms with van der Waals surface area (Å²) >= 11 is 0. The summed E-state index contributed by atoms with van der Waals surface area (Å²) in [7, 11) is -3.77. The standard InChI is InChI=1S/C29H43N7O5S/c1-19-20(2)33-34-25(19)32-26-21-16-24(42(38,39)29(6,7)8)23(17-22(21)30-18-31-26)40-15-9-10-35-11-13-36(14-12-35)27(37)41-28(3,4)5/h16-18H,9-15H2,1-8H3,(H2,30,31,32,33,34). The maximum atomic E-state index is 13.7. The molecule has 0 bridgehead atoms. The van der Waals surface area contributed by atoms with Crippen LogP contribution in [0.2, 0.25) is 0 Å². The van der Waals surface area contributed by atoms with Crippen LogP contribution in [0, 0.1) is 13.8 Å². The summed E-state index contributed by atoms with van der Waals surface area (Å²) in [6, 6.07) is 3.27. The van der Waals surface area contributed by atoms with Crippen LogP contribution in [0.1, 0.15) is 59.2 Å². The largest absolute Gasteiger partial charge is 0.492 e. The van der Waals surface area contributed by atoms with Crippen molar-refractivity contribution in [3.63, 3.8) is 0 Å². The summed E-state index contributed by atoms with van der Waals surface area (Å²) in [5.74, 6) is 1.33. The molecule has 3 aromatic rings. The number of anilines is 2. The van der Waals surface area contributed by atoms with Gasteiger partial charge in [-0.15, -0.1) is 0 Å². The number of carbonyl (C=O) groups is 1. The van der Waals surface area contributed by atoms with E-state index < -0.39 is 20.2 Å². The molecule has 230 valence electrons. The van der Waals surface area contributed by atoms with Gasteiger partial charge in [-0.3, -0.25) is 10.00 Å². The number of hydrogen-bond donors (Lipinski definition) is 2. The van der Waals surface area contributed by atoms with Crippen molar-refractivity contribution in [1.82, 2.24) is 30.0 Å². The van der Waals surface area contributed by atoms with Crippen LogP contribution in [0.15, 0.2) is 23.4 Å². The van der Waals surface area contributed by atoms with Gasteiger partial charge in [0.05, 0.1) is 16.9 Å². The Morgan fingerprint density at radius 3 is 2.31 bits per heavy atom. The molecule has 0 spiro atoms. The van der Waals surface area contributed by atoms with E-state index in [-0.39, 0.29) is 16.7 Å². The van der Waals surface area contributed by atoms with Crippen molar-refractivity contribution >= 4 is 38.5 Å². The van der Waals surface area contributed by atoms with Gasteiger partial charge in [-0.05, 0) is 67.9 Å². The molecule has 0 radical (unpaired) electrons. The highest BCUT2D eigenvalue weighted by atomic mass is 32.2. The second-order valence-corrected chi connectivity index (χ2v) is 15.3. The smallest absolute Gasteiger partial charge is 0.410 e. The van der Waals surface area contributed by atoms with Crippen LogP contribution < -0.4 is 10.1 Å². The van der Waals surface area contributed by atoms with Gasteiger partial charge >= 0.3 is 6.09 Å². The van der Waals surface area contributed by atoms with Crippen LogP contribution in [-0.4, -0.2) is 94.2 Å². The lowest BCUT2D eigenvalue weighted by atomic mass is 10.2. The van der Waals surface area contributed by atoms with Crippen molar-refractivity contribution in [2.45, 2.75) is 77.1 Å². The van der Waals surface area contributed by atoms with Crippen molar-refractivity contribution in [3.8, 4) is 5.75 Å². The zero-order chi connectivity index (χ0) is 30.9. The molecule has 4 rings (SSSR count). The molecular weight excluding hydrogens is 558 g/mol. The molecule has 2 aromatic heterocycles. The summed E-state index contributed by atoms with van der Waals surface area (Å²) in [5.41, 5.74) is 1.90. The summed E-state index contributed by atoms with van der Waals surface area (Å²) in [4.78, 5) is 25.2. The molecule has 42 heavy (non-hydrogen) atoms. The highest BCUT2D eigenvalue weighted by Crippen LogP contribution is 2.37. The van der Waals surface area contributed by atoms with Gasteiger partial charge in [0.15, 0.2) is 15.7 Å². The number of hydrogen-bond acceptors (Lipinski definition) is 10. The number of benzene rings is 1. The first-order chi connectivity index (χ1) is 19.6. The van der Waals surface area contributed by atoms with Crippen LogP contribution in [0.4, 0.5) is 16.4 Å². The number of H-pyrrole nitrogens is 1. The number of fused-ring (bicyclic) bond motifs is 1. The summed E-state index contributed by atoms with van der Waals surface area (Å²) < 4.78 is 37.9. The van der Waals surface area contributed by atoms with E-state index in [0.717, 1.165) is 30.9 Å². The number of aryl methyl sites for hydroxylation is 1. The third kappa shape index (κ3) is 7.12. The molecule has 1 aliphatic rings. The maximum Gasteiger partial charge on any atom is 0.410 e. The molecule has 0 saturated carbocycles. The minimum atomic E-state index is -3.77. The van der Waals surface area contributed by atoms with E-state index in [4.69, 9.17) is 9.47 Å². The Morgan fingerprint density at radius 1 is 1.02 bits per heavy atom. The Kier molecular flexibility index (Phi) is 9.02. The third-order valence-corrected chi connectivity index (χ3v) is 9.70. The van der Waals surface area contributed by atoms with E-state index in [1.807, 2.05) is 34.6 Å². The summed E-state index contributed by atoms with van der Waals surface area (Å²) in [6.07, 6.45) is 1.83. The molecule has 3 heterocycles. The maximum absolute atomic E-state index is 13.7. The number of rotatable bonds is 8. The van der Waals surface area contributed by atoms with E-state index in [1.54, 1.807) is 37.8 Å². The van der Waals surface area contributed by atoms with Gasteiger partial charge in [0, 0.05) is 55.4 Å². The lowest BCUT2D eigenvalue weighted by Gasteiger charge is -2.35. The predicted octanol–water partition coefficient (Wildman–Crippen LogP) is 4.61. The fourth-order valence-electron chi connectivity index (χ4n) is 4.49. The van der Waals surface area contributed by atoms with E-state index >= 15 is 0 Å². The van der Waals surface area contributed by atoms with E-state index in [2.05, 4.69) is 30.4 Å². The van der Waals surface area contributed by atoms with Gasteiger partial charge in [-0.2, -0.15) is 5.10 Å². The van der Waals surface area contributed by atoms with E-state index in [0.29, 0.717) is 48.7 Å². The highest BCUT2D eigenvalue weighted by molar-refractivity contribution is 7.92. The summed E-state index contributed by atoms with van der Waals surface area (Å²) in [6.45, 7) is 18.2. The number of carbonyl (C=O) groups excluding carboxylic acids is 1. The van der Waals surface area contributed by atoms with Crippen molar-refractivity contribution < 1.29 is 22.7 Å². The molecule has 12 nitrogen and oxygen atoms in total. The first-order valence-electron chi connectivity index (χ1n) is 14.2. The molecule has 1 aromatic carbocycles. The number of aromatic nitrogens is 4. The quantitative estimate of drug-likeness (QED) is 0.352. The average Bonchev–Trinajstić information content (AvgIpc) is 3.21. The number of aromatic amines is 1. The average molecular weight is 602 g/mol. The molecular formula is C29H43N7O5S. The lowest BCUT2D eigenvalue weighted by molar-refractivity contribution is 0.0142. The number of ether oxygens (including phenoxy) is 2. The van der Waals surface area contributed by atoms with Crippen LogP contribution >= 0.6 is 0 Å². The van der Waals surface area contributed by atoms with Crippen molar-refractivity contribution in [2.24, 2.45) is 0 Å². The Labute approximate surface area is 248 Å². The molecule has 0 atom stereocenters. The SMILES string of the molecule is Cc1[nH]nc(Nc2ncnc3cc(OCCCN4CCN(C(=O)OC(C)(C)C)CC4)c(S(=O)(=O)C(C)(C)C)cc23)c1C. The predicted molar refractivity (Wildman–Crippen MR) is 162 cm³/mol. The Morgan fingerprint density at radius 2 is 1.71 bits per heavy atom. The van der Waals surface area contributed by atoms with Crippen LogP contribution in [0.25, 0.3) is 10.9 Å². The van der Waals surface area contributed by atoms with Crippen LogP contribution in [0.3, 0.4) is 0 Å². The Bertz CT molecular complexity index is 1530. The molecule has 1 amide bonds. The molecule has 2 N–H and O–H groups in total. The normalized spacial score (nSPS) is 15.2. The van der Waals surface area contributed by atoms with Gasteiger partial charge in [0.25, 0.3) is 0 Å². The number of nitrogens with one attached hydrogen (secondary N) is 2. The molecule has 1 saturated heterocycles. The topological polar surface area (TPSA) is 143 Å². The number of amides is 1. The fourth-order valence-corrected chi connectivity index (χ4v) is 5.80. The second kappa shape index (κ2) is 12.0. The van der Waals surface area contributed by atoms with E-state index in [1.165, 1.54) is 6.33 Å². The monoisotopic (exact) mass is 601 g/mol. The molecule has 1 aliphatic heterocycles. The first-order valence-corrected chi connectivity index (χ1v) is 15.7. The van der Waals surface area contributed by atoms with Gasteiger partial charge in [0.1, 0.15) is 28.4 Å². The number of piperazine rings is 1. The fraction of sp³-hybridized carbons (Fsp3) is 0.586. The minimum absolute atomic E-state index is 0.0984. The van der Waals surface area contributed by atoms with Gasteiger partial charge in [0.2, 0.25) is 0 Å². The zero-order valence-corrected chi connectivity index (χ0v) is 26.7. The van der Waals surface area contributed by atoms with Crippen molar-refractivity contribution in [2.75, 3.05) is 44.6 Å². The lowest BCUT2D eigenvalue weighted by Crippen LogP contribution is -2.50. The zero-order valence-electron chi connectivity index (χ0n) is 25.9. The highest BCUT2D eigenvalue weighted by Gasteiger charge is 2.34. The van der Waals surface area contributed by atoms with Crippen molar-refractivity contribution in [3.05, 3.63) is 29.7 Å². The van der Waals surface area contributed by atoms with E-state index in [9.17, 15) is 13.2 Å². The second-order valence-electron chi connectivity index (χ2n) is 12.6. The van der Waals surface area contributed by atoms with Gasteiger partial charge < -0.3 is 19.7 Å². The molecule has 13 heteroatoms. The van der Waals surface area contributed by atoms with Gasteiger partial charge in [-0.1, -0.05) is 0 Å². The van der Waals surface area contributed by atoms with Gasteiger partial charge in [-0.25, -0.2) is 23.2 Å². The Balaban J connectivity index is 1.48. The number of sulfone groups is 1.